The van der Waals surface area contributed by atoms with Gasteiger partial charge in [0.15, 0.2) is 12.1 Å². The smallest absolute Gasteiger partial charge is 0.260 e. The molecule has 2 aromatic heterocycles. The lowest BCUT2D eigenvalue weighted by atomic mass is 10.2. The summed E-state index contributed by atoms with van der Waals surface area (Å²) in [5.74, 6) is -0.316. The van der Waals surface area contributed by atoms with E-state index in [2.05, 4.69) is 36.4 Å². The summed E-state index contributed by atoms with van der Waals surface area (Å²) in [6.45, 7) is 0. The van der Waals surface area contributed by atoms with Crippen molar-refractivity contribution in [1.29, 1.82) is 0 Å². The highest BCUT2D eigenvalue weighted by atomic mass is 79.9. The first-order chi connectivity index (χ1) is 11.1. The third-order valence-electron chi connectivity index (χ3n) is 3.20. The molecule has 1 amide bonds. The van der Waals surface area contributed by atoms with Gasteiger partial charge in [-0.3, -0.25) is 4.79 Å². The lowest BCUT2D eigenvalue weighted by molar-refractivity contribution is 0.101. The predicted molar refractivity (Wildman–Crippen MR) is 81.3 cm³/mol. The Hall–Kier alpha value is -2.81. The number of halogens is 2. The molecule has 0 saturated carbocycles. The first kappa shape index (κ1) is 13.8. The molecule has 1 N–H and O–H groups in total. The average Bonchev–Trinajstić information content (AvgIpc) is 2.98. The number of amides is 1. The van der Waals surface area contributed by atoms with E-state index in [1.165, 1.54) is 17.1 Å². The maximum atomic E-state index is 13.8. The molecule has 1 aliphatic heterocycles. The van der Waals surface area contributed by atoms with Gasteiger partial charge in [-0.2, -0.15) is 0 Å². The van der Waals surface area contributed by atoms with E-state index in [1.807, 2.05) is 0 Å². The molecular weight excluding hydrogens is 369 g/mol. The second-order valence-electron chi connectivity index (χ2n) is 4.70. The van der Waals surface area contributed by atoms with Crippen molar-refractivity contribution in [1.82, 2.24) is 19.9 Å². The lowest BCUT2D eigenvalue weighted by Crippen LogP contribution is -2.18. The van der Waals surface area contributed by atoms with Gasteiger partial charge >= 0.3 is 0 Å². The van der Waals surface area contributed by atoms with Gasteiger partial charge in [0.2, 0.25) is 5.82 Å². The first-order valence-electron chi connectivity index (χ1n) is 6.48. The minimum atomic E-state index is -0.556. The molecule has 0 unspecified atom stereocenters. The van der Waals surface area contributed by atoms with Crippen molar-refractivity contribution in [2.75, 3.05) is 5.32 Å². The molecule has 4 rings (SSSR count). The summed E-state index contributed by atoms with van der Waals surface area (Å²) >= 11 is 3.06. The fourth-order valence-corrected chi connectivity index (χ4v) is 2.50. The zero-order chi connectivity index (χ0) is 16.0. The molecular formula is C14H7BrFN5O2. The van der Waals surface area contributed by atoms with E-state index in [1.54, 1.807) is 18.2 Å². The Balaban J connectivity index is 1.96. The molecule has 0 aliphatic carbocycles. The van der Waals surface area contributed by atoms with Crippen molar-refractivity contribution in [2.45, 2.75) is 0 Å². The Morgan fingerprint density at radius 2 is 2.17 bits per heavy atom. The normalized spacial score (nSPS) is 12.7. The Labute approximate surface area is 137 Å². The second-order valence-corrected chi connectivity index (χ2v) is 5.55. The molecule has 7 nitrogen and oxygen atoms in total. The van der Waals surface area contributed by atoms with Crippen LogP contribution in [0.5, 0.6) is 5.75 Å². The summed E-state index contributed by atoms with van der Waals surface area (Å²) < 4.78 is 15.2. The zero-order valence-corrected chi connectivity index (χ0v) is 12.9. The van der Waals surface area contributed by atoms with Crippen LogP contribution in [-0.2, 0) is 0 Å². The lowest BCUT2D eigenvalue weighted by Gasteiger charge is -2.15. The van der Waals surface area contributed by atoms with E-state index in [0.717, 1.165) is 6.07 Å². The maximum Gasteiger partial charge on any atom is 0.260 e. The highest BCUT2D eigenvalue weighted by Gasteiger charge is 2.21. The van der Waals surface area contributed by atoms with Crippen molar-refractivity contribution in [2.24, 2.45) is 0 Å². The molecule has 9 heteroatoms. The van der Waals surface area contributed by atoms with Crippen LogP contribution in [0.3, 0.4) is 0 Å². The molecule has 1 aromatic carbocycles. The molecule has 2 bridgehead atoms. The number of hydrogen-bond donors (Lipinski definition) is 1. The van der Waals surface area contributed by atoms with Crippen molar-refractivity contribution in [3.63, 3.8) is 0 Å². The van der Waals surface area contributed by atoms with Gasteiger partial charge in [-0.15, -0.1) is 14.9 Å². The van der Waals surface area contributed by atoms with Gasteiger partial charge in [0.1, 0.15) is 17.3 Å². The van der Waals surface area contributed by atoms with Crippen molar-refractivity contribution >= 4 is 27.7 Å². The number of fused-ring (bicyclic) bond motifs is 5. The number of carbonyl (C=O) groups excluding carboxylic acids is 1. The maximum absolute atomic E-state index is 13.8. The van der Waals surface area contributed by atoms with E-state index in [4.69, 9.17) is 4.84 Å². The fraction of sp³-hybridized carbons (Fsp3) is 0. The highest BCUT2D eigenvalue weighted by molar-refractivity contribution is 9.10. The standard InChI is InChI=1S/C14H7BrFN5O2/c15-8-4-7-11(5-9(8)16)23-21-6-17-20-13(21)10-2-1-3-12(18-10)19-14(7)22/h1-6H,(H,18,19,22). The topological polar surface area (TPSA) is 81.9 Å². The van der Waals surface area contributed by atoms with Crippen LogP contribution in [0.15, 0.2) is 41.1 Å². The molecule has 0 atom stereocenters. The third-order valence-corrected chi connectivity index (χ3v) is 3.81. The van der Waals surface area contributed by atoms with Crippen LogP contribution in [0.2, 0.25) is 0 Å². The summed E-state index contributed by atoms with van der Waals surface area (Å²) in [6, 6.07) is 7.52. The number of hydrogen-bond acceptors (Lipinski definition) is 5. The first-order valence-corrected chi connectivity index (χ1v) is 7.27. The summed E-state index contributed by atoms with van der Waals surface area (Å²) in [7, 11) is 0. The van der Waals surface area contributed by atoms with Crippen molar-refractivity contribution in [3.8, 4) is 17.3 Å². The van der Waals surface area contributed by atoms with Crippen LogP contribution in [0.1, 0.15) is 10.4 Å². The second kappa shape index (κ2) is 5.13. The van der Waals surface area contributed by atoms with Gasteiger partial charge in [0.05, 0.1) is 10.0 Å². The molecule has 3 heterocycles. The number of nitrogens with one attached hydrogen (secondary N) is 1. The molecule has 3 aromatic rings. The molecule has 1 aliphatic rings. The Bertz CT molecular complexity index is 943. The number of nitrogens with zero attached hydrogens (tertiary/aromatic N) is 4. The molecule has 0 fully saturated rings. The minimum absolute atomic E-state index is 0.0365. The quantitative estimate of drug-likeness (QED) is 0.653. The summed E-state index contributed by atoms with van der Waals surface area (Å²) in [5.41, 5.74) is 0.605. The van der Waals surface area contributed by atoms with Gasteiger partial charge in [-0.1, -0.05) is 6.07 Å². The molecule has 0 spiro atoms. The van der Waals surface area contributed by atoms with E-state index < -0.39 is 11.7 Å². The Kier molecular flexibility index (Phi) is 3.08. The van der Waals surface area contributed by atoms with Crippen LogP contribution >= 0.6 is 15.9 Å². The number of pyridine rings is 1. The van der Waals surface area contributed by atoms with E-state index in [9.17, 15) is 9.18 Å². The van der Waals surface area contributed by atoms with Gasteiger partial charge < -0.3 is 10.2 Å². The fourth-order valence-electron chi connectivity index (χ4n) is 2.16. The SMILES string of the molecule is O=C1Nc2cccc(n2)-c2nncn2Oc2cc(F)c(Br)cc21. The van der Waals surface area contributed by atoms with E-state index >= 15 is 0 Å². The number of carbonyl (C=O) groups is 1. The van der Waals surface area contributed by atoms with Gasteiger partial charge in [-0.25, -0.2) is 9.37 Å². The number of benzene rings is 1. The number of anilines is 1. The Morgan fingerprint density at radius 3 is 3.04 bits per heavy atom. The van der Waals surface area contributed by atoms with Gasteiger partial charge in [0.25, 0.3) is 5.91 Å². The van der Waals surface area contributed by atoms with Crippen LogP contribution in [0.25, 0.3) is 11.5 Å². The number of rotatable bonds is 0. The molecule has 23 heavy (non-hydrogen) atoms. The van der Waals surface area contributed by atoms with Crippen LogP contribution < -0.4 is 10.2 Å². The summed E-state index contributed by atoms with van der Waals surface area (Å²) in [4.78, 5) is 22.3. The zero-order valence-electron chi connectivity index (χ0n) is 11.3. The van der Waals surface area contributed by atoms with Gasteiger partial charge in [0, 0.05) is 6.07 Å². The van der Waals surface area contributed by atoms with E-state index in [-0.39, 0.29) is 15.8 Å². The van der Waals surface area contributed by atoms with Crippen molar-refractivity contribution < 1.29 is 14.0 Å². The van der Waals surface area contributed by atoms with Crippen LogP contribution in [-0.4, -0.2) is 25.8 Å². The predicted octanol–water partition coefficient (Wildman–Crippen LogP) is 2.65. The van der Waals surface area contributed by atoms with Crippen molar-refractivity contribution in [3.05, 3.63) is 52.5 Å². The largest absolute Gasteiger partial charge is 0.371 e. The monoisotopic (exact) mass is 375 g/mol. The van der Waals surface area contributed by atoms with Crippen LogP contribution in [0, 0.1) is 5.82 Å². The van der Waals surface area contributed by atoms with E-state index in [0.29, 0.717) is 17.3 Å². The Morgan fingerprint density at radius 1 is 1.30 bits per heavy atom. The average molecular weight is 376 g/mol. The molecule has 0 saturated heterocycles. The summed E-state index contributed by atoms with van der Waals surface area (Å²) in [5, 5.41) is 10.4. The number of aromatic nitrogens is 4. The molecule has 114 valence electrons. The minimum Gasteiger partial charge on any atom is -0.371 e. The highest BCUT2D eigenvalue weighted by Crippen LogP contribution is 2.29. The van der Waals surface area contributed by atoms with Gasteiger partial charge in [-0.05, 0) is 34.1 Å². The summed E-state index contributed by atoms with van der Waals surface area (Å²) in [6.07, 6.45) is 1.31. The third kappa shape index (κ3) is 2.34. The van der Waals surface area contributed by atoms with Crippen LogP contribution in [0.4, 0.5) is 10.2 Å². The molecule has 0 radical (unpaired) electrons.